The fourth-order valence-corrected chi connectivity index (χ4v) is 0.482. The van der Waals surface area contributed by atoms with Gasteiger partial charge in [0, 0.05) is 6.42 Å². The number of rotatable bonds is 5. The summed E-state index contributed by atoms with van der Waals surface area (Å²) >= 11 is 0. The van der Waals surface area contributed by atoms with Crippen molar-refractivity contribution in [3.8, 4) is 0 Å². The molecule has 54 valence electrons. The van der Waals surface area contributed by atoms with Crippen LogP contribution in [0, 0.1) is 0 Å². The highest BCUT2D eigenvalue weighted by atomic mass is 16.1. The van der Waals surface area contributed by atoms with Crippen LogP contribution in [0.1, 0.15) is 12.8 Å². The molecule has 0 aromatic carbocycles. The van der Waals surface area contributed by atoms with Gasteiger partial charge in [0.05, 0.1) is 0 Å². The van der Waals surface area contributed by atoms with E-state index in [-0.39, 0.29) is 0 Å². The van der Waals surface area contributed by atoms with Gasteiger partial charge in [-0.1, -0.05) is 37.0 Å². The van der Waals surface area contributed by atoms with E-state index in [4.69, 9.17) is 0 Å². The Morgan fingerprint density at radius 1 is 1.10 bits per heavy atom. The number of allylic oxidation sites excluding steroid dienone is 5. The minimum atomic E-state index is 0.610. The molecule has 0 amide bonds. The Balaban J connectivity index is 3.27. The molecule has 0 aliphatic heterocycles. The second kappa shape index (κ2) is 7.89. The van der Waals surface area contributed by atoms with Gasteiger partial charge in [-0.3, -0.25) is 0 Å². The maximum atomic E-state index is 9.83. The molecule has 0 atom stereocenters. The Hall–Kier alpha value is -1.11. The lowest BCUT2D eigenvalue weighted by Gasteiger charge is -1.78. The Morgan fingerprint density at radius 3 is 2.50 bits per heavy atom. The monoisotopic (exact) mass is 136 g/mol. The third kappa shape index (κ3) is 6.89. The standard InChI is InChI=1S/C9H12O/c1-2-3-4-5-6-7-8-9-10/h2-6,9H,1,7-8H2. The summed E-state index contributed by atoms with van der Waals surface area (Å²) in [7, 11) is 0. The molecule has 1 nitrogen and oxygen atoms in total. The van der Waals surface area contributed by atoms with Gasteiger partial charge in [0.15, 0.2) is 0 Å². The fraction of sp³-hybridized carbons (Fsp3) is 0.222. The van der Waals surface area contributed by atoms with Crippen LogP contribution in [0.2, 0.25) is 0 Å². The molecule has 0 unspecified atom stereocenters. The molecule has 0 bridgehead atoms. The summed E-state index contributed by atoms with van der Waals surface area (Å²) < 4.78 is 0. The van der Waals surface area contributed by atoms with Crippen molar-refractivity contribution in [2.45, 2.75) is 12.8 Å². The molecular weight excluding hydrogens is 124 g/mol. The van der Waals surface area contributed by atoms with Crippen molar-refractivity contribution in [3.05, 3.63) is 37.0 Å². The van der Waals surface area contributed by atoms with Gasteiger partial charge in [0.1, 0.15) is 6.29 Å². The molecule has 0 heterocycles. The largest absolute Gasteiger partial charge is 0.303 e. The molecular formula is C9H12O. The maximum Gasteiger partial charge on any atom is 0.120 e. The van der Waals surface area contributed by atoms with E-state index in [9.17, 15) is 4.79 Å². The first-order chi connectivity index (χ1) is 4.91. The Labute approximate surface area is 61.8 Å². The smallest absolute Gasteiger partial charge is 0.120 e. The first kappa shape index (κ1) is 8.89. The zero-order valence-electron chi connectivity index (χ0n) is 5.99. The van der Waals surface area contributed by atoms with Crippen molar-refractivity contribution in [3.63, 3.8) is 0 Å². The molecule has 0 radical (unpaired) electrons. The van der Waals surface area contributed by atoms with Crippen LogP contribution in [-0.2, 0) is 4.79 Å². The van der Waals surface area contributed by atoms with E-state index in [1.165, 1.54) is 0 Å². The zero-order valence-corrected chi connectivity index (χ0v) is 5.99. The summed E-state index contributed by atoms with van der Waals surface area (Å²) in [4.78, 5) is 9.83. The first-order valence-corrected chi connectivity index (χ1v) is 3.29. The summed E-state index contributed by atoms with van der Waals surface area (Å²) in [5.41, 5.74) is 0. The van der Waals surface area contributed by atoms with Crippen LogP contribution in [0.15, 0.2) is 37.0 Å². The van der Waals surface area contributed by atoms with Crippen molar-refractivity contribution >= 4 is 6.29 Å². The molecule has 0 aromatic rings. The van der Waals surface area contributed by atoms with Gasteiger partial charge in [-0.2, -0.15) is 0 Å². The average Bonchev–Trinajstić information content (AvgIpc) is 1.97. The third-order valence-corrected chi connectivity index (χ3v) is 0.946. The lowest BCUT2D eigenvalue weighted by atomic mass is 10.3. The minimum absolute atomic E-state index is 0.610. The molecule has 0 rings (SSSR count). The number of carbonyl (C=O) groups excluding carboxylic acids is 1. The first-order valence-electron chi connectivity index (χ1n) is 3.29. The molecule has 10 heavy (non-hydrogen) atoms. The topological polar surface area (TPSA) is 17.1 Å². The van der Waals surface area contributed by atoms with E-state index in [0.717, 1.165) is 12.7 Å². The van der Waals surface area contributed by atoms with Crippen molar-refractivity contribution in [1.29, 1.82) is 0 Å². The van der Waals surface area contributed by atoms with E-state index < -0.39 is 0 Å². The van der Waals surface area contributed by atoms with Crippen LogP contribution in [0.25, 0.3) is 0 Å². The number of hydrogen-bond donors (Lipinski definition) is 0. The van der Waals surface area contributed by atoms with E-state index in [0.29, 0.717) is 6.42 Å². The number of unbranched alkanes of at least 4 members (excludes halogenated alkanes) is 1. The molecule has 0 saturated heterocycles. The van der Waals surface area contributed by atoms with Crippen molar-refractivity contribution in [2.75, 3.05) is 0 Å². The van der Waals surface area contributed by atoms with Crippen LogP contribution >= 0.6 is 0 Å². The lowest BCUT2D eigenvalue weighted by Crippen LogP contribution is -1.68. The highest BCUT2D eigenvalue weighted by Gasteiger charge is 1.73. The SMILES string of the molecule is C=CC=CC=CCCC=O. The summed E-state index contributed by atoms with van der Waals surface area (Å²) in [6.07, 6.45) is 11.7. The van der Waals surface area contributed by atoms with Crippen molar-refractivity contribution in [2.24, 2.45) is 0 Å². The van der Waals surface area contributed by atoms with Crippen molar-refractivity contribution < 1.29 is 4.79 Å². The number of aldehydes is 1. The second-order valence-corrected chi connectivity index (χ2v) is 1.79. The Morgan fingerprint density at radius 2 is 1.90 bits per heavy atom. The van der Waals surface area contributed by atoms with E-state index in [1.807, 2.05) is 24.3 Å². The van der Waals surface area contributed by atoms with E-state index in [1.54, 1.807) is 6.08 Å². The Kier molecular flexibility index (Phi) is 7.01. The van der Waals surface area contributed by atoms with Gasteiger partial charge in [-0.15, -0.1) is 0 Å². The lowest BCUT2D eigenvalue weighted by molar-refractivity contribution is -0.107. The van der Waals surface area contributed by atoms with Gasteiger partial charge < -0.3 is 4.79 Å². The second-order valence-electron chi connectivity index (χ2n) is 1.79. The van der Waals surface area contributed by atoms with Crippen LogP contribution in [0.3, 0.4) is 0 Å². The highest BCUT2D eigenvalue weighted by molar-refractivity contribution is 5.49. The molecule has 0 N–H and O–H groups in total. The summed E-state index contributed by atoms with van der Waals surface area (Å²) in [6.45, 7) is 3.52. The third-order valence-electron chi connectivity index (χ3n) is 0.946. The predicted molar refractivity (Wildman–Crippen MR) is 43.8 cm³/mol. The number of hydrogen-bond acceptors (Lipinski definition) is 1. The van der Waals surface area contributed by atoms with Crippen LogP contribution < -0.4 is 0 Å². The number of carbonyl (C=O) groups is 1. The summed E-state index contributed by atoms with van der Waals surface area (Å²) in [5, 5.41) is 0. The molecule has 0 spiro atoms. The van der Waals surface area contributed by atoms with Gasteiger partial charge in [0.25, 0.3) is 0 Å². The molecule has 1 heteroatoms. The van der Waals surface area contributed by atoms with E-state index >= 15 is 0 Å². The van der Waals surface area contributed by atoms with Gasteiger partial charge in [-0.25, -0.2) is 0 Å². The highest BCUT2D eigenvalue weighted by Crippen LogP contribution is 1.87. The van der Waals surface area contributed by atoms with Gasteiger partial charge in [0.2, 0.25) is 0 Å². The van der Waals surface area contributed by atoms with Gasteiger partial charge in [-0.05, 0) is 6.42 Å². The van der Waals surface area contributed by atoms with Crippen LogP contribution in [0.5, 0.6) is 0 Å². The molecule has 0 aliphatic carbocycles. The van der Waals surface area contributed by atoms with Crippen LogP contribution in [-0.4, -0.2) is 6.29 Å². The summed E-state index contributed by atoms with van der Waals surface area (Å²) in [5.74, 6) is 0. The van der Waals surface area contributed by atoms with Crippen molar-refractivity contribution in [1.82, 2.24) is 0 Å². The minimum Gasteiger partial charge on any atom is -0.303 e. The Bertz CT molecular complexity index is 143. The molecule has 0 aromatic heterocycles. The maximum absolute atomic E-state index is 9.83. The fourth-order valence-electron chi connectivity index (χ4n) is 0.482. The van der Waals surface area contributed by atoms with E-state index in [2.05, 4.69) is 6.58 Å². The zero-order chi connectivity index (χ0) is 7.66. The average molecular weight is 136 g/mol. The quantitative estimate of drug-likeness (QED) is 0.322. The molecule has 0 saturated carbocycles. The normalized spacial score (nSPS) is 10.8. The predicted octanol–water partition coefficient (Wildman–Crippen LogP) is 2.26. The molecule has 0 aliphatic rings. The van der Waals surface area contributed by atoms with Gasteiger partial charge >= 0.3 is 0 Å². The van der Waals surface area contributed by atoms with Crippen LogP contribution in [0.4, 0.5) is 0 Å². The molecule has 0 fully saturated rings. The summed E-state index contributed by atoms with van der Waals surface area (Å²) in [6, 6.07) is 0.